The maximum absolute atomic E-state index is 4.65. The molecule has 0 N–H and O–H groups in total. The lowest BCUT2D eigenvalue weighted by molar-refractivity contribution is 0.558. The Morgan fingerprint density at radius 3 is 1.74 bits per heavy atom. The summed E-state index contributed by atoms with van der Waals surface area (Å²) in [6, 6.07) is 0. The zero-order chi connectivity index (χ0) is 14.3. The van der Waals surface area contributed by atoms with E-state index in [0.717, 1.165) is 18.9 Å². The highest BCUT2D eigenvalue weighted by molar-refractivity contribution is 5.81. The number of aliphatic imine (C=N–C) groups is 1. The smallest absolute Gasteiger partial charge is 0.0388 e. The minimum Gasteiger partial charge on any atom is -0.294 e. The number of unbranched alkanes of at least 4 members (excludes halogenated alkanes) is 9. The van der Waals surface area contributed by atoms with E-state index in [1.165, 1.54) is 69.9 Å². The van der Waals surface area contributed by atoms with Crippen molar-refractivity contribution < 1.29 is 0 Å². The van der Waals surface area contributed by atoms with E-state index in [9.17, 15) is 0 Å². The zero-order valence-electron chi connectivity index (χ0n) is 14.0. The molecule has 0 saturated heterocycles. The van der Waals surface area contributed by atoms with Crippen LogP contribution in [0.1, 0.15) is 98.3 Å². The molecule has 0 aliphatic carbocycles. The molecule has 0 atom stereocenters. The molecule has 0 aromatic rings. The summed E-state index contributed by atoms with van der Waals surface area (Å²) in [5.41, 5.74) is 1.34. The van der Waals surface area contributed by atoms with Gasteiger partial charge in [0.05, 0.1) is 0 Å². The third-order valence-electron chi connectivity index (χ3n) is 3.60. The van der Waals surface area contributed by atoms with Crippen LogP contribution in [-0.2, 0) is 0 Å². The van der Waals surface area contributed by atoms with Gasteiger partial charge in [-0.3, -0.25) is 4.99 Å². The number of nitrogens with zero attached hydrogens (tertiary/aromatic N) is 1. The fourth-order valence-electron chi connectivity index (χ4n) is 2.52. The van der Waals surface area contributed by atoms with Gasteiger partial charge >= 0.3 is 0 Å². The van der Waals surface area contributed by atoms with E-state index in [4.69, 9.17) is 0 Å². The molecule has 0 spiro atoms. The second-order valence-electron chi connectivity index (χ2n) is 6.40. The van der Waals surface area contributed by atoms with Crippen LogP contribution in [0.25, 0.3) is 0 Å². The Labute approximate surface area is 122 Å². The topological polar surface area (TPSA) is 12.4 Å². The van der Waals surface area contributed by atoms with E-state index in [1.54, 1.807) is 0 Å². The Hall–Kier alpha value is -0.330. The standard InChI is InChI=1S/C18H37N/c1-5-6-7-8-9-10-11-12-13-14-15-19-18(4)16-17(2)3/h17H,5-16H2,1-4H3. The molecule has 0 aromatic carbocycles. The second kappa shape index (κ2) is 14.1. The largest absolute Gasteiger partial charge is 0.294 e. The lowest BCUT2D eigenvalue weighted by Crippen LogP contribution is -1.99. The number of hydrogen-bond donors (Lipinski definition) is 0. The van der Waals surface area contributed by atoms with Crippen LogP contribution in [0.5, 0.6) is 0 Å². The van der Waals surface area contributed by atoms with Crippen LogP contribution in [-0.4, -0.2) is 12.3 Å². The van der Waals surface area contributed by atoms with Gasteiger partial charge in [0.15, 0.2) is 0 Å². The summed E-state index contributed by atoms with van der Waals surface area (Å²) in [6.07, 6.45) is 15.2. The molecule has 0 amide bonds. The highest BCUT2D eigenvalue weighted by Crippen LogP contribution is 2.10. The normalized spacial score (nSPS) is 12.4. The van der Waals surface area contributed by atoms with Crippen LogP contribution < -0.4 is 0 Å². The maximum atomic E-state index is 4.65. The zero-order valence-corrected chi connectivity index (χ0v) is 14.0. The summed E-state index contributed by atoms with van der Waals surface area (Å²) in [4.78, 5) is 4.65. The van der Waals surface area contributed by atoms with Crippen LogP contribution in [0.2, 0.25) is 0 Å². The average Bonchev–Trinajstić information content (AvgIpc) is 2.35. The summed E-state index contributed by atoms with van der Waals surface area (Å²) in [5.74, 6) is 0.747. The minimum atomic E-state index is 0.747. The van der Waals surface area contributed by atoms with Gasteiger partial charge in [-0.1, -0.05) is 78.6 Å². The summed E-state index contributed by atoms with van der Waals surface area (Å²) in [5, 5.41) is 0. The molecule has 0 saturated carbocycles. The van der Waals surface area contributed by atoms with E-state index in [-0.39, 0.29) is 0 Å². The molecule has 114 valence electrons. The van der Waals surface area contributed by atoms with Crippen LogP contribution in [0, 0.1) is 5.92 Å². The van der Waals surface area contributed by atoms with Crippen LogP contribution in [0.15, 0.2) is 4.99 Å². The first-order chi connectivity index (χ1) is 9.16. The molecule has 0 aliphatic heterocycles. The van der Waals surface area contributed by atoms with Crippen LogP contribution in [0.3, 0.4) is 0 Å². The van der Waals surface area contributed by atoms with Gasteiger partial charge in [0.25, 0.3) is 0 Å². The molecule has 0 fully saturated rings. The molecule has 19 heavy (non-hydrogen) atoms. The van der Waals surface area contributed by atoms with Gasteiger partial charge in [-0.25, -0.2) is 0 Å². The Balaban J connectivity index is 3.18. The molecule has 0 unspecified atom stereocenters. The lowest BCUT2D eigenvalue weighted by Gasteiger charge is -2.04. The third kappa shape index (κ3) is 15.6. The molecule has 1 nitrogen and oxygen atoms in total. The first kappa shape index (κ1) is 18.7. The van der Waals surface area contributed by atoms with Crippen molar-refractivity contribution in [2.24, 2.45) is 10.9 Å². The van der Waals surface area contributed by atoms with Gasteiger partial charge in [0, 0.05) is 12.3 Å². The van der Waals surface area contributed by atoms with E-state index < -0.39 is 0 Å². The predicted molar refractivity (Wildman–Crippen MR) is 89.3 cm³/mol. The van der Waals surface area contributed by atoms with Crippen LogP contribution >= 0.6 is 0 Å². The van der Waals surface area contributed by atoms with Crippen molar-refractivity contribution in [1.29, 1.82) is 0 Å². The van der Waals surface area contributed by atoms with Crippen molar-refractivity contribution in [2.45, 2.75) is 98.3 Å². The SMILES string of the molecule is CCCCCCCCCCCCN=C(C)CC(C)C. The molecule has 0 bridgehead atoms. The monoisotopic (exact) mass is 267 g/mol. The molecule has 0 aromatic heterocycles. The summed E-state index contributed by atoms with van der Waals surface area (Å²) >= 11 is 0. The van der Waals surface area contributed by atoms with Gasteiger partial charge in [0.1, 0.15) is 0 Å². The van der Waals surface area contributed by atoms with Gasteiger partial charge in [0.2, 0.25) is 0 Å². The molecule has 0 rings (SSSR count). The minimum absolute atomic E-state index is 0.747. The van der Waals surface area contributed by atoms with Crippen molar-refractivity contribution in [3.8, 4) is 0 Å². The van der Waals surface area contributed by atoms with E-state index in [2.05, 4.69) is 32.7 Å². The van der Waals surface area contributed by atoms with Crippen molar-refractivity contribution in [3.63, 3.8) is 0 Å². The fraction of sp³-hybridized carbons (Fsp3) is 0.944. The molecule has 0 aliphatic rings. The number of rotatable bonds is 13. The molecule has 0 radical (unpaired) electrons. The van der Waals surface area contributed by atoms with Crippen molar-refractivity contribution in [2.75, 3.05) is 6.54 Å². The van der Waals surface area contributed by atoms with Gasteiger partial charge in [-0.15, -0.1) is 0 Å². The molecular weight excluding hydrogens is 230 g/mol. The lowest BCUT2D eigenvalue weighted by atomic mass is 10.1. The van der Waals surface area contributed by atoms with Crippen molar-refractivity contribution in [3.05, 3.63) is 0 Å². The van der Waals surface area contributed by atoms with E-state index in [1.807, 2.05) is 0 Å². The summed E-state index contributed by atoms with van der Waals surface area (Å²) in [7, 11) is 0. The van der Waals surface area contributed by atoms with Crippen LogP contribution in [0.4, 0.5) is 0 Å². The average molecular weight is 268 g/mol. The van der Waals surface area contributed by atoms with Gasteiger partial charge in [-0.05, 0) is 25.7 Å². The van der Waals surface area contributed by atoms with Gasteiger partial charge < -0.3 is 0 Å². The second-order valence-corrected chi connectivity index (χ2v) is 6.40. The Bertz CT molecular complexity index is 206. The molecule has 0 heterocycles. The highest BCUT2D eigenvalue weighted by atomic mass is 14.7. The Morgan fingerprint density at radius 2 is 1.26 bits per heavy atom. The summed E-state index contributed by atoms with van der Waals surface area (Å²) < 4.78 is 0. The Morgan fingerprint density at radius 1 is 0.789 bits per heavy atom. The molecule has 1 heteroatoms. The van der Waals surface area contributed by atoms with Crippen molar-refractivity contribution in [1.82, 2.24) is 0 Å². The first-order valence-electron chi connectivity index (χ1n) is 8.66. The summed E-state index contributed by atoms with van der Waals surface area (Å²) in [6.45, 7) is 10.0. The molecular formula is C18H37N. The van der Waals surface area contributed by atoms with Crippen molar-refractivity contribution >= 4 is 5.71 Å². The van der Waals surface area contributed by atoms with E-state index >= 15 is 0 Å². The van der Waals surface area contributed by atoms with Gasteiger partial charge in [-0.2, -0.15) is 0 Å². The quantitative estimate of drug-likeness (QED) is 0.270. The Kier molecular flexibility index (Phi) is 13.8. The maximum Gasteiger partial charge on any atom is 0.0388 e. The van der Waals surface area contributed by atoms with E-state index in [0.29, 0.717) is 0 Å². The fourth-order valence-corrected chi connectivity index (χ4v) is 2.52. The highest BCUT2D eigenvalue weighted by Gasteiger charge is 1.96. The third-order valence-corrected chi connectivity index (χ3v) is 3.60. The first-order valence-corrected chi connectivity index (χ1v) is 8.66. The predicted octanol–water partition coefficient (Wildman–Crippen LogP) is 6.41. The number of hydrogen-bond acceptors (Lipinski definition) is 1.